The molecular formula is C13H20N2O2. The first-order chi connectivity index (χ1) is 8.08. The van der Waals surface area contributed by atoms with Gasteiger partial charge in [-0.3, -0.25) is 0 Å². The summed E-state index contributed by atoms with van der Waals surface area (Å²) < 4.78 is 4.73. The number of carbonyl (C=O) groups is 1. The van der Waals surface area contributed by atoms with E-state index in [1.54, 1.807) is 12.1 Å². The van der Waals surface area contributed by atoms with E-state index in [1.807, 2.05) is 6.07 Å². The Hall–Kier alpha value is -1.71. The molecule has 0 radical (unpaired) electrons. The van der Waals surface area contributed by atoms with Gasteiger partial charge in [0, 0.05) is 17.9 Å². The van der Waals surface area contributed by atoms with Gasteiger partial charge in [0.1, 0.15) is 0 Å². The van der Waals surface area contributed by atoms with Gasteiger partial charge in [-0.1, -0.05) is 20.3 Å². The summed E-state index contributed by atoms with van der Waals surface area (Å²) in [4.78, 5) is 11.6. The maximum atomic E-state index is 11.6. The highest BCUT2D eigenvalue weighted by Gasteiger charge is 2.12. The average molecular weight is 236 g/mol. The second kappa shape index (κ2) is 6.13. The minimum Gasteiger partial charge on any atom is -0.465 e. The number of hydrogen-bond donors (Lipinski definition) is 2. The molecule has 1 atom stereocenters. The largest absolute Gasteiger partial charge is 0.465 e. The number of ether oxygens (including phenoxy) is 1. The number of anilines is 2. The highest BCUT2D eigenvalue weighted by molar-refractivity contribution is 5.96. The van der Waals surface area contributed by atoms with Crippen molar-refractivity contribution >= 4 is 17.3 Å². The van der Waals surface area contributed by atoms with Crippen molar-refractivity contribution in [2.24, 2.45) is 5.92 Å². The second-order valence-electron chi connectivity index (χ2n) is 4.19. The lowest BCUT2D eigenvalue weighted by Gasteiger charge is -2.14. The minimum absolute atomic E-state index is 0.371. The van der Waals surface area contributed by atoms with Crippen LogP contribution in [0.2, 0.25) is 0 Å². The molecule has 0 fully saturated rings. The summed E-state index contributed by atoms with van der Waals surface area (Å²) >= 11 is 0. The van der Waals surface area contributed by atoms with Gasteiger partial charge in [0.2, 0.25) is 0 Å². The predicted molar refractivity (Wildman–Crippen MR) is 70.1 cm³/mol. The van der Waals surface area contributed by atoms with Gasteiger partial charge in [-0.15, -0.1) is 0 Å². The number of nitrogen functional groups attached to an aromatic ring is 1. The molecule has 0 aliphatic heterocycles. The molecule has 0 aliphatic rings. The van der Waals surface area contributed by atoms with Crippen LogP contribution in [0.25, 0.3) is 0 Å². The van der Waals surface area contributed by atoms with Crippen molar-refractivity contribution in [1.29, 1.82) is 0 Å². The van der Waals surface area contributed by atoms with E-state index in [1.165, 1.54) is 7.11 Å². The first-order valence-corrected chi connectivity index (χ1v) is 5.80. The van der Waals surface area contributed by atoms with Crippen molar-refractivity contribution in [3.63, 3.8) is 0 Å². The van der Waals surface area contributed by atoms with Crippen LogP contribution < -0.4 is 11.1 Å². The van der Waals surface area contributed by atoms with Crippen molar-refractivity contribution in [3.05, 3.63) is 23.8 Å². The van der Waals surface area contributed by atoms with Crippen LogP contribution in [0.15, 0.2) is 18.2 Å². The summed E-state index contributed by atoms with van der Waals surface area (Å²) in [5.41, 5.74) is 7.47. The second-order valence-corrected chi connectivity index (χ2v) is 4.19. The summed E-state index contributed by atoms with van der Waals surface area (Å²) in [6, 6.07) is 5.21. The third-order valence-electron chi connectivity index (χ3n) is 2.79. The summed E-state index contributed by atoms with van der Waals surface area (Å²) in [7, 11) is 1.37. The molecule has 0 aromatic heterocycles. The number of rotatable bonds is 5. The molecule has 0 spiro atoms. The topological polar surface area (TPSA) is 64.3 Å². The Labute approximate surface area is 102 Å². The summed E-state index contributed by atoms with van der Waals surface area (Å²) in [5, 5.41) is 3.25. The third kappa shape index (κ3) is 3.66. The zero-order valence-corrected chi connectivity index (χ0v) is 10.6. The molecule has 0 bridgehead atoms. The number of hydrogen-bond acceptors (Lipinski definition) is 4. The fourth-order valence-electron chi connectivity index (χ4n) is 1.42. The van der Waals surface area contributed by atoms with E-state index in [0.717, 1.165) is 18.7 Å². The summed E-state index contributed by atoms with van der Waals surface area (Å²) in [6.07, 6.45) is 1.09. The molecule has 1 aromatic carbocycles. The molecular weight excluding hydrogens is 216 g/mol. The molecule has 1 aromatic rings. The van der Waals surface area contributed by atoms with Crippen molar-refractivity contribution < 1.29 is 9.53 Å². The lowest BCUT2D eigenvalue weighted by atomic mass is 10.1. The number of esters is 1. The SMILES string of the molecule is CCC(C)CNc1ccc(N)cc1C(=O)OC. The van der Waals surface area contributed by atoms with Crippen LogP contribution in [0.5, 0.6) is 0 Å². The molecule has 94 valence electrons. The molecule has 17 heavy (non-hydrogen) atoms. The molecule has 1 rings (SSSR count). The Morgan fingerprint density at radius 1 is 1.53 bits per heavy atom. The van der Waals surface area contributed by atoms with E-state index in [4.69, 9.17) is 10.5 Å². The van der Waals surface area contributed by atoms with E-state index in [9.17, 15) is 4.79 Å². The summed E-state index contributed by atoms with van der Waals surface area (Å²) in [6.45, 7) is 5.11. The lowest BCUT2D eigenvalue weighted by molar-refractivity contribution is 0.0602. The Bertz CT molecular complexity index is 391. The molecule has 1 unspecified atom stereocenters. The molecule has 0 heterocycles. The quantitative estimate of drug-likeness (QED) is 0.609. The highest BCUT2D eigenvalue weighted by Crippen LogP contribution is 2.20. The van der Waals surface area contributed by atoms with Gasteiger partial charge in [-0.25, -0.2) is 4.79 Å². The smallest absolute Gasteiger partial charge is 0.340 e. The lowest BCUT2D eigenvalue weighted by Crippen LogP contribution is -2.14. The highest BCUT2D eigenvalue weighted by atomic mass is 16.5. The molecule has 0 aliphatic carbocycles. The molecule has 4 heteroatoms. The first-order valence-electron chi connectivity index (χ1n) is 5.80. The molecule has 0 amide bonds. The molecule has 0 saturated carbocycles. The Morgan fingerprint density at radius 2 is 2.24 bits per heavy atom. The maximum Gasteiger partial charge on any atom is 0.340 e. The van der Waals surface area contributed by atoms with E-state index in [0.29, 0.717) is 17.2 Å². The first kappa shape index (κ1) is 13.4. The molecule has 3 N–H and O–H groups in total. The van der Waals surface area contributed by atoms with Crippen LogP contribution in [0.4, 0.5) is 11.4 Å². The number of nitrogens with two attached hydrogens (primary N) is 1. The van der Waals surface area contributed by atoms with E-state index < -0.39 is 0 Å². The van der Waals surface area contributed by atoms with Gasteiger partial charge in [0.25, 0.3) is 0 Å². The number of carbonyl (C=O) groups excluding carboxylic acids is 1. The van der Waals surface area contributed by atoms with Crippen LogP contribution in [0.1, 0.15) is 30.6 Å². The van der Waals surface area contributed by atoms with Gasteiger partial charge in [-0.2, -0.15) is 0 Å². The number of methoxy groups -OCH3 is 1. The predicted octanol–water partition coefficient (Wildman–Crippen LogP) is 2.51. The standard InChI is InChI=1S/C13H20N2O2/c1-4-9(2)8-15-12-6-5-10(14)7-11(12)13(16)17-3/h5-7,9,15H,4,8,14H2,1-3H3. The van der Waals surface area contributed by atoms with Crippen LogP contribution in [0.3, 0.4) is 0 Å². The Kier molecular flexibility index (Phi) is 4.82. The zero-order chi connectivity index (χ0) is 12.8. The zero-order valence-electron chi connectivity index (χ0n) is 10.6. The third-order valence-corrected chi connectivity index (χ3v) is 2.79. The van der Waals surface area contributed by atoms with Crippen molar-refractivity contribution in [2.45, 2.75) is 20.3 Å². The van der Waals surface area contributed by atoms with Crippen molar-refractivity contribution in [3.8, 4) is 0 Å². The fourth-order valence-corrected chi connectivity index (χ4v) is 1.42. The number of nitrogens with one attached hydrogen (secondary N) is 1. The van der Waals surface area contributed by atoms with Crippen LogP contribution in [-0.4, -0.2) is 19.6 Å². The van der Waals surface area contributed by atoms with E-state index in [2.05, 4.69) is 19.2 Å². The normalized spacial score (nSPS) is 11.9. The fraction of sp³-hybridized carbons (Fsp3) is 0.462. The monoisotopic (exact) mass is 236 g/mol. The van der Waals surface area contributed by atoms with Crippen LogP contribution in [-0.2, 0) is 4.74 Å². The molecule has 4 nitrogen and oxygen atoms in total. The average Bonchev–Trinajstić information content (AvgIpc) is 2.35. The van der Waals surface area contributed by atoms with Crippen molar-refractivity contribution in [1.82, 2.24) is 0 Å². The van der Waals surface area contributed by atoms with Gasteiger partial charge < -0.3 is 15.8 Å². The Morgan fingerprint density at radius 3 is 2.82 bits per heavy atom. The van der Waals surface area contributed by atoms with Gasteiger partial charge in [0.05, 0.1) is 12.7 Å². The van der Waals surface area contributed by atoms with E-state index in [-0.39, 0.29) is 5.97 Å². The van der Waals surface area contributed by atoms with Crippen LogP contribution >= 0.6 is 0 Å². The van der Waals surface area contributed by atoms with Crippen molar-refractivity contribution in [2.75, 3.05) is 24.7 Å². The summed E-state index contributed by atoms with van der Waals surface area (Å²) in [5.74, 6) is 0.182. The minimum atomic E-state index is -0.371. The van der Waals surface area contributed by atoms with E-state index >= 15 is 0 Å². The van der Waals surface area contributed by atoms with Gasteiger partial charge in [-0.05, 0) is 24.1 Å². The van der Waals surface area contributed by atoms with Crippen LogP contribution in [0, 0.1) is 5.92 Å². The number of benzene rings is 1. The molecule has 0 saturated heterocycles. The van der Waals surface area contributed by atoms with Gasteiger partial charge in [0.15, 0.2) is 0 Å². The Balaban J connectivity index is 2.86. The van der Waals surface area contributed by atoms with Gasteiger partial charge >= 0.3 is 5.97 Å². The maximum absolute atomic E-state index is 11.6.